The van der Waals surface area contributed by atoms with Gasteiger partial charge in [-0.3, -0.25) is 4.79 Å². The summed E-state index contributed by atoms with van der Waals surface area (Å²) >= 11 is 5.96. The number of hydrogen-bond acceptors (Lipinski definition) is 2. The van der Waals surface area contributed by atoms with Gasteiger partial charge < -0.3 is 9.64 Å². The Hall–Kier alpha value is -1.13. The zero-order chi connectivity index (χ0) is 13.7. The second-order valence-electron chi connectivity index (χ2n) is 4.22. The molecule has 1 amide bonds. The Morgan fingerprint density at radius 3 is 2.78 bits per heavy atom. The summed E-state index contributed by atoms with van der Waals surface area (Å²) in [5.74, 6) is -0.890. The first-order valence-electron chi connectivity index (χ1n) is 5.60. The van der Waals surface area contributed by atoms with E-state index in [1.54, 1.807) is 20.0 Å². The van der Waals surface area contributed by atoms with Crippen LogP contribution in [0.5, 0.6) is 0 Å². The molecule has 0 spiro atoms. The maximum atomic E-state index is 13.6. The van der Waals surface area contributed by atoms with Gasteiger partial charge in [-0.05, 0) is 24.6 Å². The topological polar surface area (TPSA) is 29.5 Å². The van der Waals surface area contributed by atoms with Gasteiger partial charge in [0.25, 0.3) is 5.91 Å². The number of aryl methyl sites for hydroxylation is 1. The van der Waals surface area contributed by atoms with Crippen LogP contribution in [0, 0.1) is 12.7 Å². The number of hydrogen-bond donors (Lipinski definition) is 0. The minimum atomic E-state index is -0.510. The van der Waals surface area contributed by atoms with E-state index in [1.807, 2.05) is 0 Å². The fourth-order valence-corrected chi connectivity index (χ4v) is 1.95. The molecule has 0 fully saturated rings. The quantitative estimate of drug-likeness (QED) is 0.772. The lowest BCUT2D eigenvalue weighted by atomic mass is 10.1. The monoisotopic (exact) mass is 273 g/mol. The largest absolute Gasteiger partial charge is 0.383 e. The first-order valence-corrected chi connectivity index (χ1v) is 6.04. The Morgan fingerprint density at radius 1 is 1.56 bits per heavy atom. The van der Waals surface area contributed by atoms with Gasteiger partial charge in [0.1, 0.15) is 5.82 Å². The van der Waals surface area contributed by atoms with E-state index in [0.29, 0.717) is 13.2 Å². The number of rotatable bonds is 5. The van der Waals surface area contributed by atoms with Crippen LogP contribution in [0.3, 0.4) is 0 Å². The van der Waals surface area contributed by atoms with Crippen LogP contribution >= 0.6 is 11.6 Å². The van der Waals surface area contributed by atoms with Gasteiger partial charge in [0.2, 0.25) is 0 Å². The molecule has 0 saturated heterocycles. The third-order valence-corrected chi connectivity index (χ3v) is 2.79. The molecule has 18 heavy (non-hydrogen) atoms. The summed E-state index contributed by atoms with van der Waals surface area (Å²) in [6.45, 7) is 2.42. The number of methoxy groups -OCH3 is 1. The van der Waals surface area contributed by atoms with Crippen molar-refractivity contribution in [1.82, 2.24) is 4.90 Å². The smallest absolute Gasteiger partial charge is 0.256 e. The van der Waals surface area contributed by atoms with E-state index in [1.165, 1.54) is 24.1 Å². The Kier molecular flexibility index (Phi) is 5.56. The van der Waals surface area contributed by atoms with Gasteiger partial charge in [-0.2, -0.15) is 0 Å². The highest BCUT2D eigenvalue weighted by molar-refractivity contribution is 6.21. The number of carbonyl (C=O) groups is 1. The van der Waals surface area contributed by atoms with Crippen LogP contribution in [-0.4, -0.2) is 43.5 Å². The van der Waals surface area contributed by atoms with Crippen molar-refractivity contribution < 1.29 is 13.9 Å². The Bertz CT molecular complexity index is 425. The van der Waals surface area contributed by atoms with Crippen LogP contribution in [-0.2, 0) is 4.74 Å². The molecule has 1 aromatic carbocycles. The lowest BCUT2D eigenvalue weighted by Gasteiger charge is -2.20. The van der Waals surface area contributed by atoms with Gasteiger partial charge in [0.15, 0.2) is 0 Å². The molecule has 0 heterocycles. The molecule has 1 atom stereocenters. The molecular weight excluding hydrogens is 257 g/mol. The van der Waals surface area contributed by atoms with Crippen LogP contribution in [0.4, 0.5) is 4.39 Å². The molecule has 1 rings (SSSR count). The van der Waals surface area contributed by atoms with Gasteiger partial charge in [0.05, 0.1) is 17.5 Å². The van der Waals surface area contributed by atoms with Gasteiger partial charge in [-0.1, -0.05) is 6.07 Å². The van der Waals surface area contributed by atoms with E-state index in [-0.39, 0.29) is 16.8 Å². The van der Waals surface area contributed by atoms with Crippen molar-refractivity contribution in [3.8, 4) is 0 Å². The summed E-state index contributed by atoms with van der Waals surface area (Å²) in [7, 11) is 3.13. The predicted octanol–water partition coefficient (Wildman–Crippen LogP) is 2.46. The van der Waals surface area contributed by atoms with Crippen molar-refractivity contribution in [2.75, 3.05) is 27.3 Å². The van der Waals surface area contributed by atoms with Crippen LogP contribution < -0.4 is 0 Å². The summed E-state index contributed by atoms with van der Waals surface area (Å²) in [6.07, 6.45) is 0. The molecule has 0 radical (unpaired) electrons. The minimum absolute atomic E-state index is 0.0596. The zero-order valence-electron chi connectivity index (χ0n) is 10.7. The van der Waals surface area contributed by atoms with Crippen molar-refractivity contribution in [1.29, 1.82) is 0 Å². The average molecular weight is 274 g/mol. The molecule has 100 valence electrons. The number of benzene rings is 1. The molecule has 0 N–H and O–H groups in total. The van der Waals surface area contributed by atoms with Crippen LogP contribution in [0.2, 0.25) is 0 Å². The molecule has 0 aliphatic carbocycles. The second kappa shape index (κ2) is 6.71. The van der Waals surface area contributed by atoms with Crippen molar-refractivity contribution in [2.24, 2.45) is 0 Å². The average Bonchev–Trinajstić information content (AvgIpc) is 2.28. The molecule has 0 aliphatic heterocycles. The van der Waals surface area contributed by atoms with Crippen molar-refractivity contribution in [3.05, 3.63) is 35.1 Å². The minimum Gasteiger partial charge on any atom is -0.383 e. The molecule has 0 saturated carbocycles. The maximum Gasteiger partial charge on any atom is 0.256 e. The molecular formula is C13H17ClFNO2. The number of ether oxygens (including phenoxy) is 1. The fraction of sp³-hybridized carbons (Fsp3) is 0.462. The highest BCUT2D eigenvalue weighted by atomic mass is 35.5. The number of nitrogens with zero attached hydrogens (tertiary/aromatic N) is 1. The Balaban J connectivity index is 2.74. The molecule has 0 aliphatic rings. The van der Waals surface area contributed by atoms with E-state index in [0.717, 1.165) is 5.56 Å². The summed E-state index contributed by atoms with van der Waals surface area (Å²) in [4.78, 5) is 13.4. The SMILES string of the molecule is COCC(Cl)CN(C)C(=O)c1ccc(C)cc1F. The first kappa shape index (κ1) is 14.9. The number of halogens is 2. The number of amides is 1. The molecule has 3 nitrogen and oxygen atoms in total. The lowest BCUT2D eigenvalue weighted by molar-refractivity contribution is 0.0777. The van der Waals surface area contributed by atoms with E-state index in [4.69, 9.17) is 16.3 Å². The van der Waals surface area contributed by atoms with Crippen LogP contribution in [0.15, 0.2) is 18.2 Å². The molecule has 5 heteroatoms. The zero-order valence-corrected chi connectivity index (χ0v) is 11.5. The number of carbonyl (C=O) groups excluding carboxylic acids is 1. The highest BCUT2D eigenvalue weighted by Gasteiger charge is 2.18. The van der Waals surface area contributed by atoms with Crippen LogP contribution in [0.25, 0.3) is 0 Å². The predicted molar refractivity (Wildman–Crippen MR) is 69.6 cm³/mol. The molecule has 0 bridgehead atoms. The summed E-state index contributed by atoms with van der Waals surface area (Å²) < 4.78 is 18.5. The summed E-state index contributed by atoms with van der Waals surface area (Å²) in [6, 6.07) is 4.54. The van der Waals surface area contributed by atoms with Crippen molar-refractivity contribution in [3.63, 3.8) is 0 Å². The van der Waals surface area contributed by atoms with Crippen molar-refractivity contribution in [2.45, 2.75) is 12.3 Å². The maximum absolute atomic E-state index is 13.6. The first-order chi connectivity index (χ1) is 8.45. The third kappa shape index (κ3) is 3.96. The van der Waals surface area contributed by atoms with E-state index in [9.17, 15) is 9.18 Å². The van der Waals surface area contributed by atoms with Gasteiger partial charge in [-0.15, -0.1) is 11.6 Å². The lowest BCUT2D eigenvalue weighted by Crippen LogP contribution is -2.34. The van der Waals surface area contributed by atoms with Gasteiger partial charge >= 0.3 is 0 Å². The van der Waals surface area contributed by atoms with E-state index in [2.05, 4.69) is 0 Å². The van der Waals surface area contributed by atoms with E-state index < -0.39 is 5.82 Å². The van der Waals surface area contributed by atoms with Crippen molar-refractivity contribution >= 4 is 17.5 Å². The molecule has 1 unspecified atom stereocenters. The van der Waals surface area contributed by atoms with Gasteiger partial charge in [0, 0.05) is 20.7 Å². The third-order valence-electron chi connectivity index (χ3n) is 2.52. The fourth-order valence-electron chi connectivity index (χ4n) is 1.61. The summed E-state index contributed by atoms with van der Waals surface area (Å²) in [5, 5.41) is -0.308. The summed E-state index contributed by atoms with van der Waals surface area (Å²) in [5.41, 5.74) is 0.839. The van der Waals surface area contributed by atoms with Gasteiger partial charge in [-0.25, -0.2) is 4.39 Å². The second-order valence-corrected chi connectivity index (χ2v) is 4.84. The Labute approximate surface area is 111 Å². The standard InChI is InChI=1S/C13H17ClFNO2/c1-9-4-5-11(12(15)6-9)13(17)16(2)7-10(14)8-18-3/h4-6,10H,7-8H2,1-3H3. The highest BCUT2D eigenvalue weighted by Crippen LogP contribution is 2.12. The van der Waals surface area contributed by atoms with E-state index >= 15 is 0 Å². The molecule has 0 aromatic heterocycles. The normalized spacial score (nSPS) is 12.3. The molecule has 1 aromatic rings. The Morgan fingerprint density at radius 2 is 2.22 bits per heavy atom. The number of alkyl halides is 1. The van der Waals surface area contributed by atoms with Crippen LogP contribution in [0.1, 0.15) is 15.9 Å².